The van der Waals surface area contributed by atoms with Crippen molar-refractivity contribution in [1.82, 2.24) is 4.98 Å². The van der Waals surface area contributed by atoms with E-state index >= 15 is 0 Å². The fraction of sp³-hybridized carbons (Fsp3) is 0.0500. The number of halogens is 1. The number of hydrogen-bond acceptors (Lipinski definition) is 5. The first kappa shape index (κ1) is 17.6. The molecule has 0 amide bonds. The van der Waals surface area contributed by atoms with Crippen molar-refractivity contribution in [2.75, 3.05) is 0 Å². The van der Waals surface area contributed by atoms with E-state index in [1.165, 1.54) is 11.3 Å². The number of fused-ring (bicyclic) bond motifs is 1. The van der Waals surface area contributed by atoms with Gasteiger partial charge in [-0.2, -0.15) is 0 Å². The summed E-state index contributed by atoms with van der Waals surface area (Å²) in [6.07, 6.45) is -0.165. The predicted molar refractivity (Wildman–Crippen MR) is 108 cm³/mol. The van der Waals surface area contributed by atoms with Gasteiger partial charge in [-0.1, -0.05) is 46.3 Å². The minimum Gasteiger partial charge on any atom is -0.481 e. The van der Waals surface area contributed by atoms with Crippen molar-refractivity contribution in [2.45, 2.75) is 6.42 Å². The Morgan fingerprint density at radius 3 is 2.63 bits per heavy atom. The van der Waals surface area contributed by atoms with Crippen LogP contribution in [-0.4, -0.2) is 16.1 Å². The van der Waals surface area contributed by atoms with Gasteiger partial charge in [0.2, 0.25) is 0 Å². The largest absolute Gasteiger partial charge is 0.481 e. The number of nitrogens with zero attached hydrogens (tertiary/aromatic N) is 1. The van der Waals surface area contributed by atoms with Crippen LogP contribution in [0.1, 0.15) is 4.88 Å². The summed E-state index contributed by atoms with van der Waals surface area (Å²) in [6.45, 7) is 0. The fourth-order valence-electron chi connectivity index (χ4n) is 2.77. The average molecular weight is 442 g/mol. The van der Waals surface area contributed by atoms with Crippen molar-refractivity contribution in [3.63, 3.8) is 0 Å². The van der Waals surface area contributed by atoms with E-state index in [2.05, 4.69) is 20.9 Å². The van der Waals surface area contributed by atoms with Crippen LogP contribution in [0.2, 0.25) is 0 Å². The van der Waals surface area contributed by atoms with Crippen molar-refractivity contribution < 1.29 is 14.3 Å². The van der Waals surface area contributed by atoms with Gasteiger partial charge in [0.05, 0.1) is 17.7 Å². The van der Waals surface area contributed by atoms with E-state index in [1.807, 2.05) is 36.4 Å². The lowest BCUT2D eigenvalue weighted by Crippen LogP contribution is -2.02. The van der Waals surface area contributed by atoms with Gasteiger partial charge in [0.25, 0.3) is 0 Å². The van der Waals surface area contributed by atoms with Crippen molar-refractivity contribution >= 4 is 44.2 Å². The molecule has 0 bridgehead atoms. The van der Waals surface area contributed by atoms with Crippen molar-refractivity contribution in [2.24, 2.45) is 0 Å². The molecule has 0 aliphatic heterocycles. The Labute approximate surface area is 166 Å². The fourth-order valence-corrected chi connectivity index (χ4v) is 4.11. The van der Waals surface area contributed by atoms with Crippen molar-refractivity contribution in [3.05, 3.63) is 74.4 Å². The van der Waals surface area contributed by atoms with E-state index in [-0.39, 0.29) is 6.42 Å². The Morgan fingerprint density at radius 2 is 1.89 bits per heavy atom. The second-order valence-corrected chi connectivity index (χ2v) is 7.85. The van der Waals surface area contributed by atoms with Gasteiger partial charge in [-0.25, -0.2) is 9.78 Å². The first-order chi connectivity index (χ1) is 13.0. The summed E-state index contributed by atoms with van der Waals surface area (Å²) in [5, 5.41) is 10.5. The van der Waals surface area contributed by atoms with E-state index in [9.17, 15) is 14.7 Å². The van der Waals surface area contributed by atoms with Crippen LogP contribution in [0.5, 0.6) is 0 Å². The molecular weight excluding hydrogens is 430 g/mol. The molecule has 4 rings (SSSR count). The third kappa shape index (κ3) is 3.56. The summed E-state index contributed by atoms with van der Waals surface area (Å²) < 4.78 is 6.30. The second kappa shape index (κ2) is 7.09. The Kier molecular flexibility index (Phi) is 4.63. The van der Waals surface area contributed by atoms with Gasteiger partial charge in [0.15, 0.2) is 0 Å². The van der Waals surface area contributed by atoms with E-state index in [4.69, 9.17) is 4.42 Å². The molecule has 0 aliphatic rings. The smallest absolute Gasteiger partial charge is 0.346 e. The van der Waals surface area contributed by atoms with E-state index in [0.717, 1.165) is 15.4 Å². The molecule has 2 heterocycles. The molecule has 0 atom stereocenters. The molecule has 0 aliphatic carbocycles. The maximum Gasteiger partial charge on any atom is 0.346 e. The topological polar surface area (TPSA) is 80.4 Å². The summed E-state index contributed by atoms with van der Waals surface area (Å²) in [7, 11) is 0. The predicted octanol–water partition coefficient (Wildman–Crippen LogP) is 4.97. The third-order valence-corrected chi connectivity index (χ3v) is 5.62. The molecule has 1 N–H and O–H groups in total. The van der Waals surface area contributed by atoms with Crippen LogP contribution in [0.3, 0.4) is 0 Å². The Hall–Kier alpha value is -2.77. The highest BCUT2D eigenvalue weighted by Crippen LogP contribution is 2.34. The standard InChI is InChI=1S/C20H12BrNO4S/c21-13-7-5-11(6-8-13)18-16(10-17(23)24)27-19(22-18)14-9-12-3-1-2-4-15(12)26-20(14)25/h1-9H,10H2,(H,23,24). The number of aliphatic carboxylic acids is 1. The number of carbonyl (C=O) groups is 1. The Balaban J connectivity index is 1.89. The molecule has 2 aromatic carbocycles. The highest BCUT2D eigenvalue weighted by molar-refractivity contribution is 9.10. The van der Waals surface area contributed by atoms with Gasteiger partial charge in [-0.3, -0.25) is 4.79 Å². The van der Waals surface area contributed by atoms with Gasteiger partial charge in [0, 0.05) is 20.3 Å². The van der Waals surface area contributed by atoms with Gasteiger partial charge < -0.3 is 9.52 Å². The van der Waals surface area contributed by atoms with Crippen LogP contribution in [0.4, 0.5) is 0 Å². The van der Waals surface area contributed by atoms with Gasteiger partial charge in [0.1, 0.15) is 10.6 Å². The number of thiazole rings is 1. The lowest BCUT2D eigenvalue weighted by Gasteiger charge is -2.00. The first-order valence-electron chi connectivity index (χ1n) is 8.02. The Bertz CT molecular complexity index is 1210. The molecule has 5 nitrogen and oxygen atoms in total. The molecule has 4 aromatic rings. The minimum atomic E-state index is -0.950. The van der Waals surface area contributed by atoms with Crippen LogP contribution in [-0.2, 0) is 11.2 Å². The highest BCUT2D eigenvalue weighted by Gasteiger charge is 2.19. The quantitative estimate of drug-likeness (QED) is 0.452. The molecule has 0 radical (unpaired) electrons. The maximum atomic E-state index is 12.4. The van der Waals surface area contributed by atoms with Crippen LogP contribution >= 0.6 is 27.3 Å². The Morgan fingerprint density at radius 1 is 1.15 bits per heavy atom. The zero-order valence-electron chi connectivity index (χ0n) is 13.8. The molecule has 0 saturated heterocycles. The summed E-state index contributed by atoms with van der Waals surface area (Å²) in [6, 6.07) is 16.4. The summed E-state index contributed by atoms with van der Waals surface area (Å²) in [5.41, 5.74) is 1.70. The molecule has 0 unspecified atom stereocenters. The van der Waals surface area contributed by atoms with E-state index in [0.29, 0.717) is 26.7 Å². The van der Waals surface area contributed by atoms with Crippen LogP contribution in [0.25, 0.3) is 32.8 Å². The van der Waals surface area contributed by atoms with Crippen LogP contribution in [0.15, 0.2) is 68.3 Å². The van der Waals surface area contributed by atoms with Crippen molar-refractivity contribution in [3.8, 4) is 21.8 Å². The lowest BCUT2D eigenvalue weighted by atomic mass is 10.1. The summed E-state index contributed by atoms with van der Waals surface area (Å²) >= 11 is 4.58. The number of para-hydroxylation sites is 1. The zero-order chi connectivity index (χ0) is 19.0. The molecule has 134 valence electrons. The molecule has 0 saturated carbocycles. The number of aromatic nitrogens is 1. The normalized spacial score (nSPS) is 11.0. The first-order valence-corrected chi connectivity index (χ1v) is 9.63. The molecule has 0 fully saturated rings. The summed E-state index contributed by atoms with van der Waals surface area (Å²) in [4.78, 5) is 28.9. The minimum absolute atomic E-state index is 0.165. The monoisotopic (exact) mass is 441 g/mol. The summed E-state index contributed by atoms with van der Waals surface area (Å²) in [5.74, 6) is -0.950. The second-order valence-electron chi connectivity index (χ2n) is 5.85. The van der Waals surface area contributed by atoms with Crippen molar-refractivity contribution in [1.29, 1.82) is 0 Å². The number of rotatable bonds is 4. The molecule has 2 aromatic heterocycles. The van der Waals surface area contributed by atoms with E-state index in [1.54, 1.807) is 18.2 Å². The van der Waals surface area contributed by atoms with E-state index < -0.39 is 11.6 Å². The number of carboxylic acid groups (broad SMARTS) is 1. The SMILES string of the molecule is O=C(O)Cc1sc(-c2cc3ccccc3oc2=O)nc1-c1ccc(Br)cc1. The van der Waals surface area contributed by atoms with Crippen LogP contribution < -0.4 is 5.63 Å². The average Bonchev–Trinajstić information content (AvgIpc) is 3.04. The molecule has 27 heavy (non-hydrogen) atoms. The van der Waals surface area contributed by atoms with Gasteiger partial charge in [-0.05, 0) is 24.3 Å². The zero-order valence-corrected chi connectivity index (χ0v) is 16.2. The molecule has 0 spiro atoms. The van der Waals surface area contributed by atoms with Gasteiger partial charge in [-0.15, -0.1) is 11.3 Å². The number of carboxylic acids is 1. The van der Waals surface area contributed by atoms with Gasteiger partial charge >= 0.3 is 11.6 Å². The molecular formula is C20H12BrNO4S. The third-order valence-electron chi connectivity index (χ3n) is 4.00. The van der Waals surface area contributed by atoms with Crippen LogP contribution in [0, 0.1) is 0 Å². The number of benzene rings is 2. The molecule has 7 heteroatoms. The lowest BCUT2D eigenvalue weighted by molar-refractivity contribution is -0.136. The number of hydrogen-bond donors (Lipinski definition) is 1. The highest BCUT2D eigenvalue weighted by atomic mass is 79.9. The maximum absolute atomic E-state index is 12.4.